The fourth-order valence-electron chi connectivity index (χ4n) is 3.76. The number of Topliss-reactive ketones (excluding diaryl/α,β-unsaturated/α-hetero) is 1. The van der Waals surface area contributed by atoms with Gasteiger partial charge in [0, 0.05) is 27.5 Å². The maximum atomic E-state index is 13.3. The second kappa shape index (κ2) is 9.20. The van der Waals surface area contributed by atoms with Gasteiger partial charge in [0.2, 0.25) is 12.1 Å². The molecular weight excluding hydrogens is 526 g/mol. The fourth-order valence-corrected chi connectivity index (χ4v) is 4.45. The summed E-state index contributed by atoms with van der Waals surface area (Å²) in [6.07, 6.45) is 6.19. The second-order valence-electron chi connectivity index (χ2n) is 7.24. The number of H-pyrrole nitrogens is 1. The molecule has 8 heteroatoms. The molecule has 2 heterocycles. The number of hydrogen-bond acceptors (Lipinski definition) is 3. The molecule has 1 unspecified atom stereocenters. The molecule has 1 aromatic heterocycles. The van der Waals surface area contributed by atoms with Gasteiger partial charge >= 0.3 is 0 Å². The van der Waals surface area contributed by atoms with Gasteiger partial charge in [-0.3, -0.25) is 14.6 Å². The number of hydrogen-bond donors (Lipinski definition) is 1. The highest BCUT2D eigenvalue weighted by Crippen LogP contribution is 2.39. The van der Waals surface area contributed by atoms with E-state index in [-0.39, 0.29) is 5.57 Å². The molecule has 0 spiro atoms. The van der Waals surface area contributed by atoms with Gasteiger partial charge < -0.3 is 10.0 Å². The van der Waals surface area contributed by atoms with E-state index in [0.29, 0.717) is 25.1 Å². The van der Waals surface area contributed by atoms with Crippen molar-refractivity contribution < 1.29 is 19.3 Å². The lowest BCUT2D eigenvalue weighted by Gasteiger charge is -2.27. The lowest BCUT2D eigenvalue weighted by atomic mass is 9.95. The van der Waals surface area contributed by atoms with Crippen LogP contribution >= 0.6 is 31.9 Å². The van der Waals surface area contributed by atoms with E-state index >= 15 is 0 Å². The summed E-state index contributed by atoms with van der Waals surface area (Å²) < 4.78 is 3.61. The number of ketones is 1. The van der Waals surface area contributed by atoms with Gasteiger partial charge in [0.05, 0.1) is 12.6 Å². The largest absolute Gasteiger partial charge is 0.872 e. The van der Waals surface area contributed by atoms with E-state index in [4.69, 9.17) is 0 Å². The molecule has 31 heavy (non-hydrogen) atoms. The smallest absolute Gasteiger partial charge is 0.295 e. The number of halogens is 2. The molecule has 0 aliphatic carbocycles. The van der Waals surface area contributed by atoms with E-state index < -0.39 is 23.5 Å². The lowest BCUT2D eigenvalue weighted by molar-refractivity contribution is -0.695. The molecule has 1 aliphatic heterocycles. The van der Waals surface area contributed by atoms with Crippen molar-refractivity contribution in [3.63, 3.8) is 0 Å². The molecule has 1 N–H and O–H groups in total. The number of benzene rings is 2. The minimum atomic E-state index is -0.729. The Bertz CT molecular complexity index is 1140. The standard InChI is InChI=1S/C23H19Br2N3O3/c24-17-7-5-15(6-8-17)21(29)19-20(16-3-1-4-18(25)13-16)28(23(31)22(19)30)11-2-10-27-12-9-26-14-27/h1,3-9,12-14,20H,2,10-11H2,(H,29,30). The van der Waals surface area contributed by atoms with Crippen molar-refractivity contribution in [3.05, 3.63) is 92.9 Å². The molecule has 0 bridgehead atoms. The van der Waals surface area contributed by atoms with Gasteiger partial charge in [0.15, 0.2) is 0 Å². The second-order valence-corrected chi connectivity index (χ2v) is 9.07. The molecular formula is C23H19Br2N3O3. The minimum Gasteiger partial charge on any atom is -0.872 e. The van der Waals surface area contributed by atoms with Crippen LogP contribution in [-0.2, 0) is 16.1 Å². The van der Waals surface area contributed by atoms with Gasteiger partial charge in [-0.05, 0) is 35.4 Å². The highest BCUT2D eigenvalue weighted by molar-refractivity contribution is 9.10. The summed E-state index contributed by atoms with van der Waals surface area (Å²) in [5, 5.41) is 13.3. The summed E-state index contributed by atoms with van der Waals surface area (Å²) in [6.45, 7) is 1.04. The zero-order chi connectivity index (χ0) is 22.0. The zero-order valence-electron chi connectivity index (χ0n) is 16.4. The molecule has 3 aromatic rings. The van der Waals surface area contributed by atoms with E-state index in [1.807, 2.05) is 47.6 Å². The van der Waals surface area contributed by atoms with Crippen molar-refractivity contribution in [3.8, 4) is 0 Å². The van der Waals surface area contributed by atoms with Gasteiger partial charge in [0.1, 0.15) is 12.4 Å². The molecule has 0 radical (unpaired) electrons. The number of aryl methyl sites for hydroxylation is 1. The van der Waals surface area contributed by atoms with Crippen LogP contribution in [0.5, 0.6) is 0 Å². The van der Waals surface area contributed by atoms with Crippen molar-refractivity contribution in [2.24, 2.45) is 0 Å². The van der Waals surface area contributed by atoms with Gasteiger partial charge in [-0.2, -0.15) is 0 Å². The maximum Gasteiger partial charge on any atom is 0.295 e. The summed E-state index contributed by atoms with van der Waals surface area (Å²) in [5.41, 5.74) is 1.10. The normalized spacial score (nSPS) is 18.0. The average Bonchev–Trinajstić information content (AvgIpc) is 3.36. The SMILES string of the molecule is O=C1C(=O)N(CCC[n+]2cc[nH]c2)C(c2cccc(Br)c2)/C1=C(\[O-])c1ccc(Br)cc1. The van der Waals surface area contributed by atoms with Crippen LogP contribution in [0.4, 0.5) is 0 Å². The average molecular weight is 545 g/mol. The Morgan fingerprint density at radius 3 is 2.55 bits per heavy atom. The third-order valence-electron chi connectivity index (χ3n) is 5.22. The van der Waals surface area contributed by atoms with E-state index in [2.05, 4.69) is 36.8 Å². The summed E-state index contributed by atoms with van der Waals surface area (Å²) in [5.74, 6) is -1.78. The third-order valence-corrected chi connectivity index (χ3v) is 6.24. The number of amides is 1. The van der Waals surface area contributed by atoms with Gasteiger partial charge in [-0.25, -0.2) is 4.57 Å². The Morgan fingerprint density at radius 1 is 1.10 bits per heavy atom. The zero-order valence-corrected chi connectivity index (χ0v) is 19.6. The summed E-state index contributed by atoms with van der Waals surface area (Å²) >= 11 is 6.81. The van der Waals surface area contributed by atoms with Crippen LogP contribution in [0, 0.1) is 0 Å². The minimum absolute atomic E-state index is 0.000259. The number of rotatable bonds is 6. The first-order chi connectivity index (χ1) is 15.0. The van der Waals surface area contributed by atoms with Gasteiger partial charge in [-0.1, -0.05) is 61.9 Å². The highest BCUT2D eigenvalue weighted by Gasteiger charge is 2.43. The number of imidazole rings is 1. The molecule has 4 rings (SSSR count). The quantitative estimate of drug-likeness (QED) is 0.224. The lowest BCUT2D eigenvalue weighted by Crippen LogP contribution is -2.36. The molecule has 1 amide bonds. The van der Waals surface area contributed by atoms with Crippen molar-refractivity contribution in [2.45, 2.75) is 19.0 Å². The van der Waals surface area contributed by atoms with Crippen LogP contribution in [-0.4, -0.2) is 28.1 Å². The number of likely N-dealkylation sites (tertiary alicyclic amines) is 1. The molecule has 6 nitrogen and oxygen atoms in total. The predicted molar refractivity (Wildman–Crippen MR) is 120 cm³/mol. The third kappa shape index (κ3) is 4.50. The van der Waals surface area contributed by atoms with Gasteiger partial charge in [-0.15, -0.1) is 0 Å². The van der Waals surface area contributed by atoms with E-state index in [0.717, 1.165) is 14.5 Å². The molecule has 0 saturated carbocycles. The van der Waals surface area contributed by atoms with Crippen LogP contribution in [0.2, 0.25) is 0 Å². The van der Waals surface area contributed by atoms with Crippen molar-refractivity contribution in [1.29, 1.82) is 0 Å². The van der Waals surface area contributed by atoms with Crippen LogP contribution < -0.4 is 9.67 Å². The molecule has 2 aromatic carbocycles. The van der Waals surface area contributed by atoms with Crippen molar-refractivity contribution in [1.82, 2.24) is 9.88 Å². The molecule has 158 valence electrons. The van der Waals surface area contributed by atoms with E-state index in [1.54, 1.807) is 24.3 Å². The first-order valence-corrected chi connectivity index (χ1v) is 11.3. The Labute approximate surface area is 196 Å². The van der Waals surface area contributed by atoms with Crippen LogP contribution in [0.25, 0.3) is 5.76 Å². The van der Waals surface area contributed by atoms with Gasteiger partial charge in [0.25, 0.3) is 5.91 Å². The first kappa shape index (κ1) is 21.5. The number of aromatic amines is 1. The Morgan fingerprint density at radius 2 is 1.87 bits per heavy atom. The number of nitrogens with zero attached hydrogens (tertiary/aromatic N) is 2. The monoisotopic (exact) mass is 543 g/mol. The number of carbonyl (C=O) groups excluding carboxylic acids is 2. The Balaban J connectivity index is 1.73. The Kier molecular flexibility index (Phi) is 6.38. The summed E-state index contributed by atoms with van der Waals surface area (Å²) in [4.78, 5) is 30.4. The van der Waals surface area contributed by atoms with Crippen molar-refractivity contribution in [2.75, 3.05) is 6.54 Å². The molecule has 1 fully saturated rings. The molecule has 1 atom stereocenters. The number of aromatic nitrogens is 2. The van der Waals surface area contributed by atoms with Crippen LogP contribution in [0.1, 0.15) is 23.6 Å². The van der Waals surface area contributed by atoms with E-state index in [9.17, 15) is 14.7 Å². The molecule has 1 saturated heterocycles. The molecule has 1 aliphatic rings. The van der Waals surface area contributed by atoms with Crippen LogP contribution in [0.15, 0.2) is 81.8 Å². The number of carbonyl (C=O) groups is 2. The summed E-state index contributed by atoms with van der Waals surface area (Å²) in [7, 11) is 0. The predicted octanol–water partition coefficient (Wildman–Crippen LogP) is 3.14. The van der Waals surface area contributed by atoms with E-state index in [1.165, 1.54) is 4.90 Å². The summed E-state index contributed by atoms with van der Waals surface area (Å²) in [6, 6.07) is 13.5. The fraction of sp³-hybridized carbons (Fsp3) is 0.174. The topological polar surface area (TPSA) is 80.1 Å². The highest BCUT2D eigenvalue weighted by atomic mass is 79.9. The maximum absolute atomic E-state index is 13.3. The van der Waals surface area contributed by atoms with Crippen molar-refractivity contribution >= 4 is 49.3 Å². The first-order valence-electron chi connectivity index (χ1n) is 9.75. The number of nitrogens with one attached hydrogen (secondary N) is 1. The van der Waals surface area contributed by atoms with Crippen LogP contribution in [0.3, 0.4) is 0 Å². The Hall–Kier alpha value is -2.71.